The second-order valence-electron chi connectivity index (χ2n) is 6.24. The minimum atomic E-state index is -3.46. The Bertz CT molecular complexity index is 362. The molecule has 1 atom stereocenters. The van der Waals surface area contributed by atoms with E-state index < -0.39 is 25.2 Å². The van der Waals surface area contributed by atoms with Crippen molar-refractivity contribution in [3.8, 4) is 0 Å². The van der Waals surface area contributed by atoms with E-state index in [1.807, 2.05) is 0 Å². The Kier molecular flexibility index (Phi) is 4.76. The third-order valence-corrected chi connectivity index (χ3v) is 5.98. The molecule has 0 aliphatic carbocycles. The zero-order valence-corrected chi connectivity index (χ0v) is 12.2. The molecule has 0 heterocycles. The number of amides is 1. The van der Waals surface area contributed by atoms with Gasteiger partial charge in [-0.15, -0.1) is 0 Å². The molecule has 0 saturated carbocycles. The summed E-state index contributed by atoms with van der Waals surface area (Å²) in [6.45, 7) is 9.96. The lowest BCUT2D eigenvalue weighted by molar-refractivity contribution is -0.150. The molecule has 0 rings (SSSR count). The molecule has 0 bridgehead atoms. The van der Waals surface area contributed by atoms with Gasteiger partial charge < -0.3 is 0 Å². The van der Waals surface area contributed by atoms with Gasteiger partial charge in [-0.25, -0.2) is 13.5 Å². The molecule has 0 radical (unpaired) electrons. The molecule has 102 valence electrons. The van der Waals surface area contributed by atoms with Crippen LogP contribution in [0.4, 0.5) is 0 Å². The van der Waals surface area contributed by atoms with Gasteiger partial charge in [-0.05, 0) is 26.2 Å². The summed E-state index contributed by atoms with van der Waals surface area (Å²) in [6.07, 6.45) is 0.219. The predicted molar refractivity (Wildman–Crippen MR) is 66.5 cm³/mol. The molecule has 0 aromatic heterocycles. The lowest BCUT2D eigenvalue weighted by Crippen LogP contribution is -2.49. The molecule has 0 aromatic carbocycles. The van der Waals surface area contributed by atoms with Crippen molar-refractivity contribution in [3.63, 3.8) is 0 Å². The van der Waals surface area contributed by atoms with Crippen LogP contribution in [0.2, 0.25) is 0 Å². The Morgan fingerprint density at radius 2 is 1.59 bits per heavy atom. The SMILES string of the molecule is CC(C)(C)C(CN(O)C=O)S(=O)(=O)C(C)(C)C. The zero-order valence-electron chi connectivity index (χ0n) is 11.4. The molecule has 0 aliphatic rings. The number of rotatable bonds is 4. The summed E-state index contributed by atoms with van der Waals surface area (Å²) in [5.41, 5.74) is -0.559. The van der Waals surface area contributed by atoms with Gasteiger partial charge in [0, 0.05) is 0 Å². The van der Waals surface area contributed by atoms with Crippen molar-refractivity contribution in [2.24, 2.45) is 5.41 Å². The summed E-state index contributed by atoms with van der Waals surface area (Å²) < 4.78 is 23.9. The Labute approximate surface area is 104 Å². The number of carbonyl (C=O) groups is 1. The van der Waals surface area contributed by atoms with Crippen molar-refractivity contribution in [2.75, 3.05) is 6.54 Å². The Morgan fingerprint density at radius 1 is 1.18 bits per heavy atom. The first-order chi connectivity index (χ1) is 7.34. The van der Waals surface area contributed by atoms with E-state index in [1.54, 1.807) is 41.5 Å². The minimum Gasteiger partial charge on any atom is -0.286 e. The van der Waals surface area contributed by atoms with Gasteiger partial charge in [0.2, 0.25) is 6.41 Å². The molecule has 17 heavy (non-hydrogen) atoms. The first-order valence-electron chi connectivity index (χ1n) is 5.48. The predicted octanol–water partition coefficient (Wildman–Crippen LogP) is 1.46. The van der Waals surface area contributed by atoms with Gasteiger partial charge in [0.05, 0.1) is 16.5 Å². The number of hydrogen-bond acceptors (Lipinski definition) is 4. The second kappa shape index (κ2) is 4.94. The van der Waals surface area contributed by atoms with E-state index in [2.05, 4.69) is 0 Å². The van der Waals surface area contributed by atoms with E-state index in [1.165, 1.54) is 0 Å². The van der Waals surface area contributed by atoms with Crippen molar-refractivity contribution < 1.29 is 18.4 Å². The largest absolute Gasteiger partial charge is 0.286 e. The quantitative estimate of drug-likeness (QED) is 0.474. The molecule has 6 heteroatoms. The Morgan fingerprint density at radius 3 is 1.82 bits per heavy atom. The van der Waals surface area contributed by atoms with E-state index in [-0.39, 0.29) is 13.0 Å². The smallest absolute Gasteiger partial charge is 0.233 e. The van der Waals surface area contributed by atoms with Gasteiger partial charge >= 0.3 is 0 Å². The van der Waals surface area contributed by atoms with Crippen LogP contribution in [0.15, 0.2) is 0 Å². The fourth-order valence-electron chi connectivity index (χ4n) is 1.48. The highest BCUT2D eigenvalue weighted by Crippen LogP contribution is 2.32. The molecule has 0 spiro atoms. The van der Waals surface area contributed by atoms with E-state index in [0.717, 1.165) is 0 Å². The number of carbonyl (C=O) groups excluding carboxylic acids is 1. The van der Waals surface area contributed by atoms with Crippen LogP contribution in [0.5, 0.6) is 0 Å². The number of hydrogen-bond donors (Lipinski definition) is 1. The topological polar surface area (TPSA) is 74.7 Å². The molecular formula is C11H23NO4S. The Hall–Kier alpha value is -0.620. The first-order valence-corrected chi connectivity index (χ1v) is 7.03. The summed E-state index contributed by atoms with van der Waals surface area (Å²) in [6, 6.07) is 0. The van der Waals surface area contributed by atoms with Gasteiger partial charge in [0.1, 0.15) is 0 Å². The summed E-state index contributed by atoms with van der Waals surface area (Å²) in [5.74, 6) is 0. The maximum absolute atomic E-state index is 12.4. The second-order valence-corrected chi connectivity index (χ2v) is 9.12. The van der Waals surface area contributed by atoms with Gasteiger partial charge in [-0.1, -0.05) is 20.8 Å². The number of sulfone groups is 1. The van der Waals surface area contributed by atoms with Crippen LogP contribution in [0, 0.1) is 5.41 Å². The standard InChI is InChI=1S/C11H23NO4S/c1-10(2,3)9(7-12(14)8-13)17(15,16)11(4,5)6/h8-9,14H,7H2,1-6H3. The molecular weight excluding hydrogens is 242 g/mol. The normalized spacial score (nSPS) is 15.5. The third-order valence-electron chi connectivity index (χ3n) is 2.67. The van der Waals surface area contributed by atoms with Crippen LogP contribution >= 0.6 is 0 Å². The molecule has 1 N–H and O–H groups in total. The third kappa shape index (κ3) is 3.96. The summed E-state index contributed by atoms with van der Waals surface area (Å²) in [4.78, 5) is 10.4. The van der Waals surface area contributed by atoms with Crippen LogP contribution < -0.4 is 0 Å². The van der Waals surface area contributed by atoms with E-state index in [9.17, 15) is 18.4 Å². The molecule has 1 unspecified atom stereocenters. The van der Waals surface area contributed by atoms with E-state index in [4.69, 9.17) is 0 Å². The lowest BCUT2D eigenvalue weighted by Gasteiger charge is -2.36. The molecule has 5 nitrogen and oxygen atoms in total. The Balaban J connectivity index is 5.44. The maximum Gasteiger partial charge on any atom is 0.233 e. The first kappa shape index (κ1) is 16.4. The van der Waals surface area contributed by atoms with Gasteiger partial charge in [-0.2, -0.15) is 0 Å². The highest BCUT2D eigenvalue weighted by atomic mass is 32.2. The molecule has 0 aliphatic heterocycles. The summed E-state index contributed by atoms with van der Waals surface area (Å²) in [5, 5.41) is 8.80. The summed E-state index contributed by atoms with van der Waals surface area (Å²) in [7, 11) is -3.46. The van der Waals surface area contributed by atoms with Crippen LogP contribution in [0.1, 0.15) is 41.5 Å². The minimum absolute atomic E-state index is 0.216. The summed E-state index contributed by atoms with van der Waals surface area (Å²) >= 11 is 0. The van der Waals surface area contributed by atoms with Crippen molar-refractivity contribution >= 4 is 16.2 Å². The van der Waals surface area contributed by atoms with Crippen molar-refractivity contribution in [1.29, 1.82) is 0 Å². The lowest BCUT2D eigenvalue weighted by atomic mass is 9.91. The monoisotopic (exact) mass is 265 g/mol. The van der Waals surface area contributed by atoms with Crippen LogP contribution in [-0.2, 0) is 14.6 Å². The highest BCUT2D eigenvalue weighted by molar-refractivity contribution is 7.93. The van der Waals surface area contributed by atoms with Crippen molar-refractivity contribution in [2.45, 2.75) is 51.5 Å². The fraction of sp³-hybridized carbons (Fsp3) is 0.909. The van der Waals surface area contributed by atoms with Gasteiger partial charge in [0.25, 0.3) is 0 Å². The van der Waals surface area contributed by atoms with E-state index in [0.29, 0.717) is 5.06 Å². The molecule has 1 amide bonds. The fourth-order valence-corrected chi connectivity index (χ4v) is 3.61. The average Bonchev–Trinajstić information content (AvgIpc) is 2.09. The molecule has 0 saturated heterocycles. The number of nitrogens with zero attached hydrogens (tertiary/aromatic N) is 1. The van der Waals surface area contributed by atoms with Gasteiger partial charge in [0.15, 0.2) is 9.84 Å². The number of hydroxylamine groups is 2. The van der Waals surface area contributed by atoms with E-state index >= 15 is 0 Å². The van der Waals surface area contributed by atoms with Crippen LogP contribution in [0.3, 0.4) is 0 Å². The van der Waals surface area contributed by atoms with Gasteiger partial charge in [-0.3, -0.25) is 10.0 Å². The van der Waals surface area contributed by atoms with Crippen molar-refractivity contribution in [1.82, 2.24) is 5.06 Å². The van der Waals surface area contributed by atoms with Crippen LogP contribution in [-0.4, -0.2) is 41.6 Å². The highest BCUT2D eigenvalue weighted by Gasteiger charge is 2.44. The maximum atomic E-state index is 12.4. The van der Waals surface area contributed by atoms with Crippen LogP contribution in [0.25, 0.3) is 0 Å². The average molecular weight is 265 g/mol. The van der Waals surface area contributed by atoms with Crippen molar-refractivity contribution in [3.05, 3.63) is 0 Å². The molecule has 0 fully saturated rings. The molecule has 0 aromatic rings. The zero-order chi connectivity index (χ0) is 14.1.